The minimum Gasteiger partial charge on any atom is -0.355 e. The second kappa shape index (κ2) is 10.4. The molecule has 1 aliphatic carbocycles. The molecule has 7 nitrogen and oxygen atoms in total. The van der Waals surface area contributed by atoms with E-state index in [1.165, 1.54) is 31.0 Å². The number of aromatic nitrogens is 2. The predicted octanol–water partition coefficient (Wildman–Crippen LogP) is 3.56. The first kappa shape index (κ1) is 24.0. The molecule has 0 atom stereocenters. The minimum atomic E-state index is -4.46. The summed E-state index contributed by atoms with van der Waals surface area (Å²) in [6.45, 7) is 1.62. The number of nitrogens with one attached hydrogen (secondary N) is 2. The van der Waals surface area contributed by atoms with Crippen molar-refractivity contribution in [3.05, 3.63) is 53.2 Å². The number of piperidine rings is 1. The fourth-order valence-electron chi connectivity index (χ4n) is 4.15. The molecule has 1 aromatic heterocycles. The molecule has 1 saturated heterocycles. The van der Waals surface area contributed by atoms with Gasteiger partial charge >= 0.3 is 6.18 Å². The van der Waals surface area contributed by atoms with Gasteiger partial charge in [-0.2, -0.15) is 13.2 Å². The van der Waals surface area contributed by atoms with Gasteiger partial charge in [-0.1, -0.05) is 31.0 Å². The first-order valence-corrected chi connectivity index (χ1v) is 11.6. The Kier molecular flexibility index (Phi) is 7.33. The van der Waals surface area contributed by atoms with Crippen LogP contribution in [-0.4, -0.2) is 41.6 Å². The summed E-state index contributed by atoms with van der Waals surface area (Å²) < 4.78 is 39.4. The molecule has 0 spiro atoms. The molecule has 2 aromatic rings. The molecule has 0 radical (unpaired) electrons. The van der Waals surface area contributed by atoms with E-state index in [0.29, 0.717) is 38.3 Å². The van der Waals surface area contributed by atoms with Crippen LogP contribution in [0, 0.1) is 11.8 Å². The molecular formula is C24H28F3N5O2. The van der Waals surface area contributed by atoms with Gasteiger partial charge in [-0.3, -0.25) is 9.59 Å². The third-order valence-corrected chi connectivity index (χ3v) is 6.38. The van der Waals surface area contributed by atoms with Gasteiger partial charge in [0, 0.05) is 32.1 Å². The largest absolute Gasteiger partial charge is 0.416 e. The summed E-state index contributed by atoms with van der Waals surface area (Å²) in [5.74, 6) is 0.615. The Bertz CT molecular complexity index is 1000. The molecule has 10 heteroatoms. The van der Waals surface area contributed by atoms with E-state index in [2.05, 4.69) is 20.8 Å². The van der Waals surface area contributed by atoms with Crippen LogP contribution in [0.5, 0.6) is 0 Å². The van der Waals surface area contributed by atoms with Gasteiger partial charge in [0.05, 0.1) is 5.56 Å². The van der Waals surface area contributed by atoms with Crippen molar-refractivity contribution in [2.24, 2.45) is 11.8 Å². The van der Waals surface area contributed by atoms with Crippen LogP contribution in [0.3, 0.4) is 0 Å². The summed E-state index contributed by atoms with van der Waals surface area (Å²) >= 11 is 0. The smallest absolute Gasteiger partial charge is 0.355 e. The fourth-order valence-corrected chi connectivity index (χ4v) is 4.15. The van der Waals surface area contributed by atoms with E-state index >= 15 is 0 Å². The van der Waals surface area contributed by atoms with Crippen molar-refractivity contribution in [2.45, 2.75) is 44.8 Å². The highest BCUT2D eigenvalue weighted by atomic mass is 19.4. The van der Waals surface area contributed by atoms with Gasteiger partial charge in [0.15, 0.2) is 11.5 Å². The maximum Gasteiger partial charge on any atom is 0.416 e. The minimum absolute atomic E-state index is 0.0488. The fraction of sp³-hybridized carbons (Fsp3) is 0.500. The highest BCUT2D eigenvalue weighted by Gasteiger charge is 2.33. The van der Waals surface area contributed by atoms with Crippen LogP contribution in [0.25, 0.3) is 0 Å². The monoisotopic (exact) mass is 475 g/mol. The quantitative estimate of drug-likeness (QED) is 0.610. The highest BCUT2D eigenvalue weighted by molar-refractivity contribution is 5.92. The van der Waals surface area contributed by atoms with E-state index in [-0.39, 0.29) is 35.5 Å². The van der Waals surface area contributed by atoms with Crippen LogP contribution >= 0.6 is 0 Å². The van der Waals surface area contributed by atoms with E-state index < -0.39 is 11.7 Å². The van der Waals surface area contributed by atoms with Crippen molar-refractivity contribution < 1.29 is 22.8 Å². The standard InChI is InChI=1S/C24H28F3N5O2/c25-24(26,27)19-4-2-1-3-18(19)15-29-22(33)17-10-13-32(14-11-17)21-8-7-20(30-31-21)23(34)28-12-9-16-5-6-16/h1-4,7-8,16-17H,5-6,9-15H2,(H,28,34)(H,29,33). The Morgan fingerprint density at radius 2 is 1.71 bits per heavy atom. The lowest BCUT2D eigenvalue weighted by atomic mass is 9.95. The Balaban J connectivity index is 1.24. The first-order chi connectivity index (χ1) is 16.3. The van der Waals surface area contributed by atoms with Crippen molar-refractivity contribution in [1.29, 1.82) is 0 Å². The molecule has 2 heterocycles. The highest BCUT2D eigenvalue weighted by Crippen LogP contribution is 2.32. The summed E-state index contributed by atoms with van der Waals surface area (Å²) in [4.78, 5) is 26.7. The number of rotatable bonds is 8. The number of carbonyl (C=O) groups is 2. The Morgan fingerprint density at radius 3 is 2.35 bits per heavy atom. The maximum absolute atomic E-state index is 13.1. The van der Waals surface area contributed by atoms with Gasteiger partial charge in [-0.25, -0.2) is 0 Å². The Hall–Kier alpha value is -3.17. The lowest BCUT2D eigenvalue weighted by Gasteiger charge is -2.31. The van der Waals surface area contributed by atoms with Crippen molar-refractivity contribution in [3.8, 4) is 0 Å². The van der Waals surface area contributed by atoms with Crippen LogP contribution in [0.4, 0.5) is 19.0 Å². The number of hydrogen-bond donors (Lipinski definition) is 2. The van der Waals surface area contributed by atoms with Crippen LogP contribution in [0.2, 0.25) is 0 Å². The molecule has 2 aliphatic rings. The molecule has 1 saturated carbocycles. The van der Waals surface area contributed by atoms with Crippen LogP contribution in [0.15, 0.2) is 36.4 Å². The van der Waals surface area contributed by atoms with Gasteiger partial charge in [0.1, 0.15) is 0 Å². The molecule has 2 N–H and O–H groups in total. The van der Waals surface area contributed by atoms with E-state index in [1.807, 2.05) is 4.90 Å². The van der Waals surface area contributed by atoms with E-state index in [1.54, 1.807) is 12.1 Å². The SMILES string of the molecule is O=C(NCCC1CC1)c1ccc(N2CCC(C(=O)NCc3ccccc3C(F)(F)F)CC2)nn1. The van der Waals surface area contributed by atoms with E-state index in [0.717, 1.165) is 18.4 Å². The number of amides is 2. The molecule has 2 amide bonds. The molecule has 1 aromatic carbocycles. The third kappa shape index (κ3) is 6.24. The topological polar surface area (TPSA) is 87.2 Å². The normalized spacial score (nSPS) is 16.9. The summed E-state index contributed by atoms with van der Waals surface area (Å²) in [5.41, 5.74) is -0.413. The van der Waals surface area contributed by atoms with Crippen molar-refractivity contribution in [1.82, 2.24) is 20.8 Å². The van der Waals surface area contributed by atoms with Crippen molar-refractivity contribution in [2.75, 3.05) is 24.5 Å². The third-order valence-electron chi connectivity index (χ3n) is 6.38. The van der Waals surface area contributed by atoms with Gasteiger partial charge < -0.3 is 15.5 Å². The zero-order valence-corrected chi connectivity index (χ0v) is 18.8. The molecule has 34 heavy (non-hydrogen) atoms. The summed E-state index contributed by atoms with van der Waals surface area (Å²) in [6, 6.07) is 8.65. The molecular weight excluding hydrogens is 447 g/mol. The van der Waals surface area contributed by atoms with Crippen LogP contribution in [0.1, 0.15) is 53.7 Å². The predicted molar refractivity (Wildman–Crippen MR) is 120 cm³/mol. The number of benzene rings is 1. The van der Waals surface area contributed by atoms with Gasteiger partial charge in [-0.05, 0) is 48.9 Å². The zero-order chi connectivity index (χ0) is 24.1. The van der Waals surface area contributed by atoms with Crippen molar-refractivity contribution in [3.63, 3.8) is 0 Å². The lowest BCUT2D eigenvalue weighted by molar-refractivity contribution is -0.138. The number of anilines is 1. The average molecular weight is 476 g/mol. The second-order valence-electron chi connectivity index (χ2n) is 8.90. The average Bonchev–Trinajstić information content (AvgIpc) is 3.67. The number of hydrogen-bond acceptors (Lipinski definition) is 5. The molecule has 0 unspecified atom stereocenters. The summed E-state index contributed by atoms with van der Waals surface area (Å²) in [5, 5.41) is 13.7. The van der Waals surface area contributed by atoms with Gasteiger partial charge in [0.2, 0.25) is 5.91 Å². The lowest BCUT2D eigenvalue weighted by Crippen LogP contribution is -2.41. The maximum atomic E-state index is 13.1. The van der Waals surface area contributed by atoms with Crippen molar-refractivity contribution >= 4 is 17.6 Å². The number of carbonyl (C=O) groups excluding carboxylic acids is 2. The molecule has 182 valence electrons. The molecule has 2 fully saturated rings. The second-order valence-corrected chi connectivity index (χ2v) is 8.90. The molecule has 1 aliphatic heterocycles. The number of nitrogens with zero attached hydrogens (tertiary/aromatic N) is 3. The van der Waals surface area contributed by atoms with E-state index in [9.17, 15) is 22.8 Å². The van der Waals surface area contributed by atoms with Gasteiger partial charge in [-0.15, -0.1) is 10.2 Å². The zero-order valence-electron chi connectivity index (χ0n) is 18.8. The molecule has 4 rings (SSSR count). The molecule has 0 bridgehead atoms. The Morgan fingerprint density at radius 1 is 0.971 bits per heavy atom. The van der Waals surface area contributed by atoms with E-state index in [4.69, 9.17) is 0 Å². The number of halogens is 3. The van der Waals surface area contributed by atoms with Crippen LogP contribution in [-0.2, 0) is 17.5 Å². The number of alkyl halides is 3. The van der Waals surface area contributed by atoms with Crippen LogP contribution < -0.4 is 15.5 Å². The van der Waals surface area contributed by atoms with Gasteiger partial charge in [0.25, 0.3) is 5.91 Å². The first-order valence-electron chi connectivity index (χ1n) is 11.6. The summed E-state index contributed by atoms with van der Waals surface area (Å²) in [6.07, 6.45) is 0.133. The summed E-state index contributed by atoms with van der Waals surface area (Å²) in [7, 11) is 0. The Labute approximate surface area is 196 Å².